The van der Waals surface area contributed by atoms with Crippen molar-refractivity contribution in [2.75, 3.05) is 7.11 Å². The fourth-order valence-electron chi connectivity index (χ4n) is 1.97. The van der Waals surface area contributed by atoms with E-state index in [0.29, 0.717) is 0 Å². The molecule has 0 radical (unpaired) electrons. The summed E-state index contributed by atoms with van der Waals surface area (Å²) in [5.74, 6) is 6.15. The van der Waals surface area contributed by atoms with Gasteiger partial charge >= 0.3 is 0 Å². The van der Waals surface area contributed by atoms with Crippen LogP contribution in [0.4, 0.5) is 4.39 Å². The minimum Gasteiger partial charge on any atom is -0.497 e. The molecule has 1 unspecified atom stereocenters. The molecule has 0 heterocycles. The van der Waals surface area contributed by atoms with Crippen molar-refractivity contribution in [3.8, 4) is 5.75 Å². The van der Waals surface area contributed by atoms with Crippen LogP contribution in [0.2, 0.25) is 0 Å². The number of halogens is 1. The van der Waals surface area contributed by atoms with E-state index in [1.165, 1.54) is 12.1 Å². The van der Waals surface area contributed by atoms with Gasteiger partial charge < -0.3 is 4.74 Å². The Morgan fingerprint density at radius 2 is 1.74 bits per heavy atom. The number of hydrazine groups is 1. The van der Waals surface area contributed by atoms with Gasteiger partial charge in [-0.15, -0.1) is 0 Å². The van der Waals surface area contributed by atoms with Crippen molar-refractivity contribution in [1.29, 1.82) is 0 Å². The van der Waals surface area contributed by atoms with Crippen molar-refractivity contribution < 1.29 is 9.13 Å². The van der Waals surface area contributed by atoms with Gasteiger partial charge in [0.05, 0.1) is 7.11 Å². The lowest BCUT2D eigenvalue weighted by Crippen LogP contribution is -2.29. The zero-order valence-corrected chi connectivity index (χ0v) is 10.8. The van der Waals surface area contributed by atoms with E-state index in [9.17, 15) is 4.39 Å². The molecule has 0 aromatic heterocycles. The Labute approximate surface area is 112 Å². The second-order valence-corrected chi connectivity index (χ2v) is 4.32. The summed E-state index contributed by atoms with van der Waals surface area (Å²) < 4.78 is 18.0. The minimum absolute atomic E-state index is 0.0472. The number of nitrogens with one attached hydrogen (secondary N) is 1. The first-order valence-corrected chi connectivity index (χ1v) is 6.07. The SMILES string of the molecule is COc1ccc(CC(NN)c2ccc(F)cc2)cc1. The standard InChI is InChI=1S/C15H17FN2O/c1-19-14-8-2-11(3-9-14)10-15(18-17)12-4-6-13(16)7-5-12/h2-9,15,18H,10,17H2,1H3. The third-order valence-electron chi connectivity index (χ3n) is 3.07. The van der Waals surface area contributed by atoms with E-state index >= 15 is 0 Å². The molecule has 0 amide bonds. The Morgan fingerprint density at radius 3 is 2.26 bits per heavy atom. The number of methoxy groups -OCH3 is 1. The Bertz CT molecular complexity index is 511. The summed E-state index contributed by atoms with van der Waals surface area (Å²) in [4.78, 5) is 0. The molecule has 0 saturated carbocycles. The van der Waals surface area contributed by atoms with Crippen molar-refractivity contribution in [3.05, 3.63) is 65.5 Å². The molecule has 2 rings (SSSR count). The summed E-state index contributed by atoms with van der Waals surface area (Å²) in [6.07, 6.45) is 0.728. The second-order valence-electron chi connectivity index (χ2n) is 4.32. The molecule has 0 aliphatic heterocycles. The van der Waals surface area contributed by atoms with Crippen molar-refractivity contribution in [2.24, 2.45) is 5.84 Å². The number of nitrogens with two attached hydrogens (primary N) is 1. The Morgan fingerprint density at radius 1 is 1.11 bits per heavy atom. The molecular weight excluding hydrogens is 243 g/mol. The van der Waals surface area contributed by atoms with Crippen molar-refractivity contribution >= 4 is 0 Å². The molecule has 2 aromatic rings. The third-order valence-corrected chi connectivity index (χ3v) is 3.07. The van der Waals surface area contributed by atoms with Crippen LogP contribution >= 0.6 is 0 Å². The van der Waals surface area contributed by atoms with Crippen LogP contribution in [0.3, 0.4) is 0 Å². The molecule has 100 valence electrons. The molecule has 0 saturated heterocycles. The van der Waals surface area contributed by atoms with E-state index < -0.39 is 0 Å². The maximum atomic E-state index is 12.9. The zero-order valence-electron chi connectivity index (χ0n) is 10.8. The first-order chi connectivity index (χ1) is 9.22. The average Bonchev–Trinajstić information content (AvgIpc) is 2.46. The molecular formula is C15H17FN2O. The zero-order chi connectivity index (χ0) is 13.7. The van der Waals surface area contributed by atoms with Crippen molar-refractivity contribution in [2.45, 2.75) is 12.5 Å². The smallest absolute Gasteiger partial charge is 0.123 e. The highest BCUT2D eigenvalue weighted by atomic mass is 19.1. The molecule has 2 aromatic carbocycles. The Balaban J connectivity index is 2.11. The van der Waals surface area contributed by atoms with E-state index in [-0.39, 0.29) is 11.9 Å². The van der Waals surface area contributed by atoms with Gasteiger partial charge in [-0.3, -0.25) is 11.3 Å². The van der Waals surface area contributed by atoms with Gasteiger partial charge in [-0.25, -0.2) is 4.39 Å². The summed E-state index contributed by atoms with van der Waals surface area (Å²) in [5, 5.41) is 0. The average molecular weight is 260 g/mol. The summed E-state index contributed by atoms with van der Waals surface area (Å²) in [6, 6.07) is 14.1. The number of ether oxygens (including phenoxy) is 1. The predicted molar refractivity (Wildman–Crippen MR) is 73.2 cm³/mol. The van der Waals surface area contributed by atoms with Crippen LogP contribution in [0.5, 0.6) is 5.75 Å². The van der Waals surface area contributed by atoms with Gasteiger partial charge in [-0.05, 0) is 41.8 Å². The summed E-state index contributed by atoms with van der Waals surface area (Å²) in [5.41, 5.74) is 4.85. The molecule has 0 aliphatic carbocycles. The minimum atomic E-state index is -0.246. The first-order valence-electron chi connectivity index (χ1n) is 6.07. The predicted octanol–water partition coefficient (Wildman–Crippen LogP) is 2.58. The molecule has 3 N–H and O–H groups in total. The van der Waals surface area contributed by atoms with E-state index in [1.807, 2.05) is 24.3 Å². The molecule has 0 spiro atoms. The molecule has 0 fully saturated rings. The number of rotatable bonds is 5. The van der Waals surface area contributed by atoms with Gasteiger partial charge in [-0.1, -0.05) is 24.3 Å². The Kier molecular flexibility index (Phi) is 4.49. The molecule has 0 bridgehead atoms. The maximum absolute atomic E-state index is 12.9. The fourth-order valence-corrected chi connectivity index (χ4v) is 1.97. The highest BCUT2D eigenvalue weighted by Crippen LogP contribution is 2.20. The van der Waals surface area contributed by atoms with Gasteiger partial charge in [0, 0.05) is 6.04 Å². The lowest BCUT2D eigenvalue weighted by Gasteiger charge is -2.16. The fraction of sp³-hybridized carbons (Fsp3) is 0.200. The van der Waals surface area contributed by atoms with Crippen LogP contribution in [0.25, 0.3) is 0 Å². The monoisotopic (exact) mass is 260 g/mol. The van der Waals surface area contributed by atoms with Crippen molar-refractivity contribution in [3.63, 3.8) is 0 Å². The lowest BCUT2D eigenvalue weighted by atomic mass is 9.99. The molecule has 19 heavy (non-hydrogen) atoms. The van der Waals surface area contributed by atoms with Gasteiger partial charge in [0.2, 0.25) is 0 Å². The summed E-state index contributed by atoms with van der Waals surface area (Å²) >= 11 is 0. The topological polar surface area (TPSA) is 47.3 Å². The van der Waals surface area contributed by atoms with Crippen LogP contribution in [0.1, 0.15) is 17.2 Å². The lowest BCUT2D eigenvalue weighted by molar-refractivity contribution is 0.414. The van der Waals surface area contributed by atoms with Crippen LogP contribution in [0.15, 0.2) is 48.5 Å². The summed E-state index contributed by atoms with van der Waals surface area (Å²) in [7, 11) is 1.64. The maximum Gasteiger partial charge on any atom is 0.123 e. The highest BCUT2D eigenvalue weighted by molar-refractivity contribution is 5.29. The van der Waals surface area contributed by atoms with E-state index in [4.69, 9.17) is 10.6 Å². The third kappa shape index (κ3) is 3.53. The van der Waals surface area contributed by atoms with Crippen LogP contribution in [-0.2, 0) is 6.42 Å². The first kappa shape index (κ1) is 13.5. The molecule has 0 aliphatic rings. The van der Waals surface area contributed by atoms with E-state index in [2.05, 4.69) is 5.43 Å². The largest absolute Gasteiger partial charge is 0.497 e. The quantitative estimate of drug-likeness (QED) is 0.641. The Hall–Kier alpha value is -1.91. The highest BCUT2D eigenvalue weighted by Gasteiger charge is 2.10. The van der Waals surface area contributed by atoms with Gasteiger partial charge in [0.15, 0.2) is 0 Å². The van der Waals surface area contributed by atoms with Gasteiger partial charge in [0.25, 0.3) is 0 Å². The van der Waals surface area contributed by atoms with E-state index in [0.717, 1.165) is 23.3 Å². The number of hydrogen-bond acceptors (Lipinski definition) is 3. The second kappa shape index (κ2) is 6.31. The number of benzene rings is 2. The molecule has 4 heteroatoms. The van der Waals surface area contributed by atoms with Gasteiger partial charge in [-0.2, -0.15) is 0 Å². The van der Waals surface area contributed by atoms with Crippen LogP contribution < -0.4 is 16.0 Å². The molecule has 3 nitrogen and oxygen atoms in total. The van der Waals surface area contributed by atoms with Crippen LogP contribution in [-0.4, -0.2) is 7.11 Å². The van der Waals surface area contributed by atoms with Crippen molar-refractivity contribution in [1.82, 2.24) is 5.43 Å². The van der Waals surface area contributed by atoms with Gasteiger partial charge in [0.1, 0.15) is 11.6 Å². The number of hydrogen-bond donors (Lipinski definition) is 2. The molecule has 1 atom stereocenters. The normalized spacial score (nSPS) is 12.2. The summed E-state index contributed by atoms with van der Waals surface area (Å²) in [6.45, 7) is 0. The van der Waals surface area contributed by atoms with Crippen LogP contribution in [0, 0.1) is 5.82 Å². The van der Waals surface area contributed by atoms with E-state index in [1.54, 1.807) is 19.2 Å².